The number of aldehydes is 1. The van der Waals surface area contributed by atoms with Gasteiger partial charge in [-0.15, -0.1) is 0 Å². The molecule has 0 saturated heterocycles. The fraction of sp³-hybridized carbons (Fsp3) is 0.391. The summed E-state index contributed by atoms with van der Waals surface area (Å²) in [5, 5.41) is 13.8. The van der Waals surface area contributed by atoms with Gasteiger partial charge in [-0.05, 0) is 137 Å². The van der Waals surface area contributed by atoms with Crippen LogP contribution >= 0.6 is 23.2 Å². The number of aromatic nitrogens is 8. The Kier molecular flexibility index (Phi) is 25.4. The van der Waals surface area contributed by atoms with E-state index >= 15 is 0 Å². The number of halogens is 5. The van der Waals surface area contributed by atoms with Crippen LogP contribution in [0.2, 0.25) is 10.0 Å². The molecular formula is C69H83Cl2F3N16O5. The first kappa shape index (κ1) is 72.0. The molecule has 4 atom stereocenters. The van der Waals surface area contributed by atoms with Crippen LogP contribution in [-0.2, 0) is 32.2 Å². The van der Waals surface area contributed by atoms with Crippen LogP contribution in [0, 0.1) is 0 Å². The highest BCUT2D eigenvalue weighted by Gasteiger charge is 2.34. The van der Waals surface area contributed by atoms with Crippen LogP contribution in [0.5, 0.6) is 0 Å². The van der Waals surface area contributed by atoms with Crippen LogP contribution in [0.15, 0.2) is 134 Å². The van der Waals surface area contributed by atoms with Gasteiger partial charge in [0.05, 0.1) is 75.5 Å². The highest BCUT2D eigenvalue weighted by atomic mass is 35.5. The lowest BCUT2D eigenvalue weighted by Crippen LogP contribution is -2.47. The Bertz CT molecular complexity index is 3910. The second-order valence-electron chi connectivity index (χ2n) is 24.9. The predicted molar refractivity (Wildman–Crippen MR) is 369 cm³/mol. The molecule has 2 aliphatic rings. The Morgan fingerprint density at radius 2 is 1.08 bits per heavy atom. The summed E-state index contributed by atoms with van der Waals surface area (Å²) in [6.07, 6.45) is 18.9. The number of rotatable bonds is 20. The number of amides is 3. The van der Waals surface area contributed by atoms with E-state index in [1.807, 2.05) is 150 Å². The first-order chi connectivity index (χ1) is 45.3. The third-order valence-electron chi connectivity index (χ3n) is 15.8. The summed E-state index contributed by atoms with van der Waals surface area (Å²) in [6, 6.07) is 24.3. The molecule has 95 heavy (non-hydrogen) atoms. The van der Waals surface area contributed by atoms with Crippen LogP contribution in [0.1, 0.15) is 83.5 Å². The summed E-state index contributed by atoms with van der Waals surface area (Å²) in [7, 11) is 11.3. The Hall–Kier alpha value is -8.81. The van der Waals surface area contributed by atoms with Gasteiger partial charge in [0.25, 0.3) is 0 Å². The molecule has 0 radical (unpaired) electrons. The Balaban J connectivity index is 0.000000226. The van der Waals surface area contributed by atoms with Gasteiger partial charge in [-0.25, -0.2) is 24.7 Å². The van der Waals surface area contributed by atoms with E-state index in [1.165, 1.54) is 0 Å². The second-order valence-corrected chi connectivity index (χ2v) is 25.7. The topological polar surface area (TPSA) is 239 Å². The smallest absolute Gasteiger partial charge is 0.444 e. The minimum absolute atomic E-state index is 0.0289. The highest BCUT2D eigenvalue weighted by molar-refractivity contribution is 6.33. The molecule has 6 heterocycles. The molecule has 8 aromatic rings. The van der Waals surface area contributed by atoms with Gasteiger partial charge in [0.2, 0.25) is 30.0 Å². The number of hydrogen-bond donors (Lipinski definition) is 5. The van der Waals surface area contributed by atoms with Crippen molar-refractivity contribution in [2.45, 2.75) is 121 Å². The third kappa shape index (κ3) is 21.3. The van der Waals surface area contributed by atoms with Crippen molar-refractivity contribution in [2.24, 2.45) is 0 Å². The number of benzene rings is 2. The lowest BCUT2D eigenvalue weighted by molar-refractivity contribution is -0.156. The number of nitrogens with one attached hydrogen (secondary N) is 5. The lowest BCUT2D eigenvalue weighted by Gasteiger charge is -2.38. The fourth-order valence-electron chi connectivity index (χ4n) is 11.0. The summed E-state index contributed by atoms with van der Waals surface area (Å²) < 4.78 is 37.1. The molecule has 26 heteroatoms. The normalized spacial score (nSPS) is 16.7. The van der Waals surface area contributed by atoms with Crippen LogP contribution in [0.25, 0.3) is 44.3 Å². The number of para-hydroxylation sites is 2. The number of alkyl halides is 3. The van der Waals surface area contributed by atoms with Gasteiger partial charge in [0, 0.05) is 115 Å². The van der Waals surface area contributed by atoms with Crippen LogP contribution in [-0.4, -0.2) is 170 Å². The monoisotopic (exact) mass is 1340 g/mol. The van der Waals surface area contributed by atoms with Crippen molar-refractivity contribution in [1.29, 1.82) is 0 Å². The van der Waals surface area contributed by atoms with E-state index < -0.39 is 18.1 Å². The van der Waals surface area contributed by atoms with Gasteiger partial charge < -0.3 is 50.3 Å². The minimum atomic E-state index is -4.64. The largest absolute Gasteiger partial charge is 0.446 e. The zero-order chi connectivity index (χ0) is 68.4. The molecule has 2 fully saturated rings. The van der Waals surface area contributed by atoms with E-state index in [0.717, 1.165) is 101 Å². The van der Waals surface area contributed by atoms with E-state index in [9.17, 15) is 27.6 Å². The molecule has 504 valence electrons. The number of likely N-dealkylation sites (N-methyl/N-ethyl adjacent to an activating group) is 4. The number of hydrogen-bond acceptors (Lipinski definition) is 16. The molecule has 21 nitrogen and oxygen atoms in total. The zero-order valence-corrected chi connectivity index (χ0v) is 56.4. The van der Waals surface area contributed by atoms with Crippen LogP contribution in [0.3, 0.4) is 0 Å². The number of carbonyl (C=O) groups excluding carboxylic acids is 4. The maximum Gasteiger partial charge on any atom is 0.446 e. The number of fused-ring (bicyclic) bond motifs is 2. The summed E-state index contributed by atoms with van der Waals surface area (Å²) in [6.45, 7) is 7.93. The van der Waals surface area contributed by atoms with Gasteiger partial charge in [0.1, 0.15) is 5.60 Å². The second kappa shape index (κ2) is 33.5. The van der Waals surface area contributed by atoms with E-state index in [4.69, 9.17) is 42.7 Å². The van der Waals surface area contributed by atoms with Crippen molar-refractivity contribution in [3.8, 4) is 22.5 Å². The molecule has 0 spiro atoms. The zero-order valence-electron chi connectivity index (χ0n) is 54.9. The van der Waals surface area contributed by atoms with Crippen molar-refractivity contribution in [3.63, 3.8) is 0 Å². The highest BCUT2D eigenvalue weighted by Crippen LogP contribution is 2.36. The molecule has 3 amide bonds. The van der Waals surface area contributed by atoms with Crippen molar-refractivity contribution in [2.75, 3.05) is 75.8 Å². The number of anilines is 4. The molecule has 6 aromatic heterocycles. The Morgan fingerprint density at radius 3 is 1.55 bits per heavy atom. The van der Waals surface area contributed by atoms with E-state index in [0.29, 0.717) is 64.6 Å². The van der Waals surface area contributed by atoms with Gasteiger partial charge in [-0.3, -0.25) is 29.3 Å². The molecular weight excluding hydrogens is 1260 g/mol. The summed E-state index contributed by atoms with van der Waals surface area (Å²) >= 11 is 13.1. The summed E-state index contributed by atoms with van der Waals surface area (Å²) in [5.74, 6) is 0.869. The Morgan fingerprint density at radius 1 is 0.621 bits per heavy atom. The van der Waals surface area contributed by atoms with Gasteiger partial charge in [0.15, 0.2) is 0 Å². The van der Waals surface area contributed by atoms with Crippen molar-refractivity contribution >= 4 is 92.5 Å². The number of pyridine rings is 2. The average Bonchev–Trinajstić information content (AvgIpc) is 1.72. The molecule has 5 N–H and O–H groups in total. The SMILES string of the molecule is CN(C)C/C=C/C(=O)N(C)c1ccc(CN(C(=O)OC(C)(C)C)[C@H]2CCC[C@@H](Nc3ncc(Cl)c(-c4c[nH]c5ccccc45)n3)C2)nc1.CN(C)C/C=C/C(=O)N(C)c1ccc(CN[C@H]2CCC[C@@H](Nc3ncc(Cl)c(-c4c[nH]c5ccccc45)n3)C2)nc1.O=CC(F)(F)F. The maximum atomic E-state index is 13.6. The summed E-state index contributed by atoms with van der Waals surface area (Å²) in [5.41, 5.74) is 7.73. The summed E-state index contributed by atoms with van der Waals surface area (Å²) in [4.78, 5) is 90.6. The van der Waals surface area contributed by atoms with Gasteiger partial charge in [-0.1, -0.05) is 71.8 Å². The Labute approximate surface area is 562 Å². The van der Waals surface area contributed by atoms with Crippen LogP contribution < -0.4 is 25.8 Å². The molecule has 10 rings (SSSR count). The lowest BCUT2D eigenvalue weighted by atomic mass is 9.90. The van der Waals surface area contributed by atoms with Crippen LogP contribution in [0.4, 0.5) is 41.2 Å². The number of ether oxygens (including phenoxy) is 1. The number of nitrogens with zero attached hydrogens (tertiary/aromatic N) is 11. The molecule has 2 aliphatic carbocycles. The minimum Gasteiger partial charge on any atom is -0.444 e. The van der Waals surface area contributed by atoms with E-state index in [-0.39, 0.29) is 42.6 Å². The van der Waals surface area contributed by atoms with Gasteiger partial charge >= 0.3 is 12.3 Å². The standard InChI is InChI=1S/C36H45ClN8O3.C31H37ClN8O.C2HF3O/c1-36(2,3)48-35(47)45(23-25-16-17-27(20-38-25)44(6)32(46)15-10-18-43(4)5)26-12-9-11-24(19-26)41-34-40-22-30(37)33(42-34)29-21-39-31-14-8-7-13-28(29)31;1-39(2)15-7-12-29(41)40(3)24-14-13-23(34-18-24)17-33-21-8-6-9-22(16-21)37-31-36-20-27(32)30(38-31)26-19-35-28-11-5-4-10-25(26)28;3-2(4,5)1-6/h7-8,10,13-17,20-22,24,26,39H,9,11-12,18-19,23H2,1-6H3,(H,40,41,42);4-5,7,10-14,18-22,33,35H,6,8-9,15-17H2,1-3H3,(H,36,37,38);1H/b15-10+;12-7+;/t24-,26+;21-,22+;/m10./s1. The first-order valence-electron chi connectivity index (χ1n) is 31.4. The third-order valence-corrected chi connectivity index (χ3v) is 16.3. The number of aromatic amines is 2. The maximum absolute atomic E-state index is 13.6. The predicted octanol–water partition coefficient (Wildman–Crippen LogP) is 12.9. The van der Waals surface area contributed by atoms with Crippen molar-refractivity contribution < 1.29 is 37.1 Å². The fourth-order valence-corrected chi connectivity index (χ4v) is 11.3. The number of carbonyl (C=O) groups is 4. The van der Waals surface area contributed by atoms with Crippen molar-refractivity contribution in [3.05, 3.63) is 156 Å². The number of H-pyrrole nitrogens is 2. The molecule has 0 bridgehead atoms. The molecule has 2 aromatic carbocycles. The molecule has 0 aliphatic heterocycles. The quantitative estimate of drug-likeness (QED) is 0.0352. The average molecular weight is 1340 g/mol. The molecule has 2 saturated carbocycles. The van der Waals surface area contributed by atoms with Crippen molar-refractivity contribution in [1.82, 2.24) is 59.9 Å². The van der Waals surface area contributed by atoms with Gasteiger partial charge in [-0.2, -0.15) is 13.2 Å². The van der Waals surface area contributed by atoms with E-state index in [2.05, 4.69) is 51.9 Å². The van der Waals surface area contributed by atoms with E-state index in [1.54, 1.807) is 65.7 Å². The first-order valence-corrected chi connectivity index (χ1v) is 32.1. The molecule has 0 unspecified atom stereocenters.